The lowest BCUT2D eigenvalue weighted by Gasteiger charge is -1.96. The molecule has 0 fully saturated rings. The van der Waals surface area contributed by atoms with Crippen molar-refractivity contribution in [2.24, 2.45) is 7.05 Å². The van der Waals surface area contributed by atoms with Crippen molar-refractivity contribution in [2.75, 3.05) is 12.4 Å². The third-order valence-electron chi connectivity index (χ3n) is 2.29. The summed E-state index contributed by atoms with van der Waals surface area (Å²) in [5.41, 5.74) is 0.818. The predicted octanol–water partition coefficient (Wildman–Crippen LogP) is 1.52. The van der Waals surface area contributed by atoms with Crippen molar-refractivity contribution >= 4 is 22.4 Å². The number of aryl methyl sites for hydroxylation is 1. The van der Waals surface area contributed by atoms with Crippen molar-refractivity contribution < 1.29 is 4.92 Å². The van der Waals surface area contributed by atoms with Crippen molar-refractivity contribution in [3.63, 3.8) is 0 Å². The van der Waals surface area contributed by atoms with Crippen LogP contribution in [0.4, 0.5) is 11.5 Å². The minimum Gasteiger partial charge on any atom is -0.371 e. The molecule has 0 spiro atoms. The molecule has 0 radical (unpaired) electrons. The summed E-state index contributed by atoms with van der Waals surface area (Å²) in [6.45, 7) is 0. The summed E-state index contributed by atoms with van der Waals surface area (Å²) in [6, 6.07) is 4.93. The number of rotatable bonds is 2. The maximum absolute atomic E-state index is 10.8. The van der Waals surface area contributed by atoms with Gasteiger partial charge in [0.25, 0.3) is 5.69 Å². The van der Waals surface area contributed by atoms with E-state index in [-0.39, 0.29) is 5.69 Å². The highest BCUT2D eigenvalue weighted by Gasteiger charge is 2.18. The van der Waals surface area contributed by atoms with Crippen molar-refractivity contribution in [1.82, 2.24) is 9.78 Å². The van der Waals surface area contributed by atoms with Crippen LogP contribution in [0.1, 0.15) is 0 Å². The molecule has 0 bridgehead atoms. The Morgan fingerprint density at radius 1 is 1.53 bits per heavy atom. The van der Waals surface area contributed by atoms with E-state index in [0.717, 1.165) is 5.52 Å². The zero-order valence-corrected chi connectivity index (χ0v) is 8.39. The van der Waals surface area contributed by atoms with Gasteiger partial charge in [-0.1, -0.05) is 6.07 Å². The molecule has 0 aliphatic carbocycles. The Morgan fingerprint density at radius 3 is 2.87 bits per heavy atom. The Bertz CT molecular complexity index is 532. The summed E-state index contributed by atoms with van der Waals surface area (Å²) < 4.78 is 1.62. The molecule has 0 saturated carbocycles. The van der Waals surface area contributed by atoms with Crippen LogP contribution < -0.4 is 5.32 Å². The molecule has 0 atom stereocenters. The van der Waals surface area contributed by atoms with Gasteiger partial charge in [0, 0.05) is 20.2 Å². The van der Waals surface area contributed by atoms with E-state index in [4.69, 9.17) is 0 Å². The topological polar surface area (TPSA) is 73.0 Å². The molecule has 0 aliphatic rings. The predicted molar refractivity (Wildman–Crippen MR) is 56.9 cm³/mol. The van der Waals surface area contributed by atoms with E-state index >= 15 is 0 Å². The number of fused-ring (bicyclic) bond motifs is 1. The third kappa shape index (κ3) is 1.30. The lowest BCUT2D eigenvalue weighted by atomic mass is 10.2. The monoisotopic (exact) mass is 206 g/mol. The number of anilines is 1. The molecule has 1 heterocycles. The molecule has 1 aromatic heterocycles. The van der Waals surface area contributed by atoms with Gasteiger partial charge in [-0.3, -0.25) is 14.8 Å². The van der Waals surface area contributed by atoms with Crippen LogP contribution in [0.5, 0.6) is 0 Å². The molecule has 1 aromatic carbocycles. The van der Waals surface area contributed by atoms with E-state index in [1.54, 1.807) is 30.9 Å². The fourth-order valence-electron chi connectivity index (χ4n) is 1.62. The number of hydrogen-bond acceptors (Lipinski definition) is 4. The number of nitrogens with one attached hydrogen (secondary N) is 1. The van der Waals surface area contributed by atoms with Gasteiger partial charge in [0.05, 0.1) is 10.4 Å². The molecular formula is C9H10N4O2. The molecular weight excluding hydrogens is 196 g/mol. The van der Waals surface area contributed by atoms with Crippen LogP contribution in [0.2, 0.25) is 0 Å². The number of non-ortho nitro benzene ring substituents is 1. The van der Waals surface area contributed by atoms with Gasteiger partial charge in [-0.25, -0.2) is 0 Å². The van der Waals surface area contributed by atoms with Gasteiger partial charge in [0.2, 0.25) is 0 Å². The standard InChI is InChI=1S/C9H10N4O2/c1-10-9-8-6(12(2)11-9)4-3-5-7(8)13(14)15/h3-5H,1-2H3,(H,10,11). The Morgan fingerprint density at radius 2 is 2.27 bits per heavy atom. The second-order valence-corrected chi connectivity index (χ2v) is 3.15. The molecule has 0 saturated heterocycles. The number of nitro benzene ring substituents is 1. The number of aromatic nitrogens is 2. The summed E-state index contributed by atoms with van der Waals surface area (Å²) in [5.74, 6) is 0.528. The molecule has 0 unspecified atom stereocenters. The second-order valence-electron chi connectivity index (χ2n) is 3.15. The van der Waals surface area contributed by atoms with Gasteiger partial charge >= 0.3 is 0 Å². The minimum absolute atomic E-state index is 0.0740. The smallest absolute Gasteiger partial charge is 0.282 e. The maximum Gasteiger partial charge on any atom is 0.282 e. The second kappa shape index (κ2) is 3.23. The van der Waals surface area contributed by atoms with Crippen molar-refractivity contribution in [3.05, 3.63) is 28.3 Å². The molecule has 1 N–H and O–H groups in total. The van der Waals surface area contributed by atoms with Gasteiger partial charge in [-0.15, -0.1) is 0 Å². The van der Waals surface area contributed by atoms with Crippen LogP contribution in [-0.2, 0) is 7.05 Å². The van der Waals surface area contributed by atoms with Gasteiger partial charge < -0.3 is 5.32 Å². The molecule has 0 amide bonds. The largest absolute Gasteiger partial charge is 0.371 e. The Labute approximate surface area is 85.7 Å². The fourth-order valence-corrected chi connectivity index (χ4v) is 1.62. The molecule has 6 nitrogen and oxygen atoms in total. The first kappa shape index (κ1) is 9.45. The first-order valence-corrected chi connectivity index (χ1v) is 4.43. The zero-order chi connectivity index (χ0) is 11.0. The third-order valence-corrected chi connectivity index (χ3v) is 2.29. The van der Waals surface area contributed by atoms with Gasteiger partial charge in [0.1, 0.15) is 5.39 Å². The molecule has 78 valence electrons. The van der Waals surface area contributed by atoms with E-state index in [2.05, 4.69) is 10.4 Å². The normalized spacial score (nSPS) is 10.5. The lowest BCUT2D eigenvalue weighted by Crippen LogP contribution is -1.93. The highest BCUT2D eigenvalue weighted by molar-refractivity contribution is 5.97. The molecule has 0 aliphatic heterocycles. The Kier molecular flexibility index (Phi) is 2.03. The first-order valence-electron chi connectivity index (χ1n) is 4.43. The number of benzene rings is 1. The number of nitro groups is 1. The van der Waals surface area contributed by atoms with Gasteiger partial charge in [0.15, 0.2) is 5.82 Å². The van der Waals surface area contributed by atoms with Crippen LogP contribution in [0.3, 0.4) is 0 Å². The lowest BCUT2D eigenvalue weighted by molar-refractivity contribution is -0.383. The highest BCUT2D eigenvalue weighted by atomic mass is 16.6. The van der Waals surface area contributed by atoms with Crippen LogP contribution >= 0.6 is 0 Å². The summed E-state index contributed by atoms with van der Waals surface area (Å²) >= 11 is 0. The summed E-state index contributed by atoms with van der Waals surface area (Å²) in [4.78, 5) is 10.4. The average molecular weight is 206 g/mol. The molecule has 15 heavy (non-hydrogen) atoms. The summed E-state index contributed by atoms with van der Waals surface area (Å²) in [6.07, 6.45) is 0. The number of hydrogen-bond donors (Lipinski definition) is 1. The molecule has 6 heteroatoms. The maximum atomic E-state index is 10.8. The van der Waals surface area contributed by atoms with E-state index in [0.29, 0.717) is 11.2 Å². The average Bonchev–Trinajstić information content (AvgIpc) is 2.55. The molecule has 2 aromatic rings. The van der Waals surface area contributed by atoms with Crippen LogP contribution in [0, 0.1) is 10.1 Å². The molecule has 2 rings (SSSR count). The van der Waals surface area contributed by atoms with Gasteiger partial charge in [-0.05, 0) is 6.07 Å². The SMILES string of the molecule is CNc1nn(C)c2cccc([N+](=O)[O-])c12. The van der Waals surface area contributed by atoms with Crippen molar-refractivity contribution in [3.8, 4) is 0 Å². The summed E-state index contributed by atoms with van der Waals surface area (Å²) in [5, 5.41) is 18.4. The Balaban J connectivity index is 2.88. The van der Waals surface area contributed by atoms with Crippen LogP contribution in [0.15, 0.2) is 18.2 Å². The first-order chi connectivity index (χ1) is 7.15. The highest BCUT2D eigenvalue weighted by Crippen LogP contribution is 2.30. The van der Waals surface area contributed by atoms with Crippen LogP contribution in [-0.4, -0.2) is 21.8 Å². The van der Waals surface area contributed by atoms with Crippen molar-refractivity contribution in [1.29, 1.82) is 0 Å². The zero-order valence-electron chi connectivity index (χ0n) is 8.39. The quantitative estimate of drug-likeness (QED) is 0.597. The number of nitrogens with zero attached hydrogens (tertiary/aromatic N) is 3. The van der Waals surface area contributed by atoms with E-state index < -0.39 is 4.92 Å². The van der Waals surface area contributed by atoms with E-state index in [1.165, 1.54) is 6.07 Å². The van der Waals surface area contributed by atoms with E-state index in [9.17, 15) is 10.1 Å². The Hall–Kier alpha value is -2.11. The minimum atomic E-state index is -0.398. The van der Waals surface area contributed by atoms with Gasteiger partial charge in [-0.2, -0.15) is 5.10 Å². The van der Waals surface area contributed by atoms with E-state index in [1.807, 2.05) is 0 Å². The van der Waals surface area contributed by atoms with Crippen LogP contribution in [0.25, 0.3) is 10.9 Å². The summed E-state index contributed by atoms with van der Waals surface area (Å²) in [7, 11) is 3.45. The van der Waals surface area contributed by atoms with Crippen molar-refractivity contribution in [2.45, 2.75) is 0 Å². The fraction of sp³-hybridized carbons (Fsp3) is 0.222.